The van der Waals surface area contributed by atoms with Gasteiger partial charge in [0, 0.05) is 6.54 Å². The Morgan fingerprint density at radius 1 is 1.26 bits per heavy atom. The largest absolute Gasteiger partial charge is 0.461 e. The molecule has 4 nitrogen and oxygen atoms in total. The lowest BCUT2D eigenvalue weighted by Crippen LogP contribution is -2.07. The molecule has 0 bridgehead atoms. The van der Waals surface area contributed by atoms with E-state index in [4.69, 9.17) is 4.74 Å². The highest BCUT2D eigenvalue weighted by atomic mass is 16.5. The fourth-order valence-corrected chi connectivity index (χ4v) is 1.92. The Bertz CT molecular complexity index is 570. The summed E-state index contributed by atoms with van der Waals surface area (Å²) < 4.78 is 6.80. The molecule has 0 radical (unpaired) electrons. The van der Waals surface area contributed by atoms with Crippen LogP contribution >= 0.6 is 0 Å². The molecule has 0 aliphatic heterocycles. The van der Waals surface area contributed by atoms with Gasteiger partial charge >= 0.3 is 5.97 Å². The van der Waals surface area contributed by atoms with E-state index in [0.717, 1.165) is 11.3 Å². The monoisotopic (exact) mass is 258 g/mol. The average Bonchev–Trinajstić information content (AvgIpc) is 2.84. The Kier molecular flexibility index (Phi) is 4.00. The molecule has 100 valence electrons. The van der Waals surface area contributed by atoms with Gasteiger partial charge in [0.25, 0.3) is 0 Å². The van der Waals surface area contributed by atoms with Gasteiger partial charge in [0.1, 0.15) is 0 Å². The lowest BCUT2D eigenvalue weighted by Gasteiger charge is -2.04. The minimum absolute atomic E-state index is 0.359. The normalized spacial score (nSPS) is 10.5. The molecule has 1 aromatic carbocycles. The number of rotatable bonds is 4. The van der Waals surface area contributed by atoms with E-state index in [9.17, 15) is 4.79 Å². The topological polar surface area (TPSA) is 44.1 Å². The van der Waals surface area contributed by atoms with Gasteiger partial charge in [0.2, 0.25) is 0 Å². The van der Waals surface area contributed by atoms with E-state index in [1.807, 2.05) is 42.8 Å². The first-order valence-electron chi connectivity index (χ1n) is 6.47. The molecular weight excluding hydrogens is 240 g/mol. The number of esters is 1. The number of hydrogen-bond donors (Lipinski definition) is 0. The van der Waals surface area contributed by atoms with Crippen LogP contribution in [-0.4, -0.2) is 22.4 Å². The number of carbonyl (C=O) groups is 1. The van der Waals surface area contributed by atoms with E-state index >= 15 is 0 Å². The molecule has 0 fully saturated rings. The standard InChI is InChI=1S/C15H18N2O2/c1-4-17-14(12-8-6-11(3)7-9-12)10-13(16-17)15(18)19-5-2/h6-10H,4-5H2,1-3H3. The fraction of sp³-hybridized carbons (Fsp3) is 0.333. The Morgan fingerprint density at radius 3 is 2.53 bits per heavy atom. The van der Waals surface area contributed by atoms with Crippen molar-refractivity contribution in [1.29, 1.82) is 0 Å². The average molecular weight is 258 g/mol. The van der Waals surface area contributed by atoms with Gasteiger partial charge in [-0.3, -0.25) is 4.68 Å². The van der Waals surface area contributed by atoms with E-state index in [1.165, 1.54) is 5.56 Å². The van der Waals surface area contributed by atoms with Gasteiger partial charge in [-0.05, 0) is 32.4 Å². The van der Waals surface area contributed by atoms with Crippen molar-refractivity contribution >= 4 is 5.97 Å². The van der Waals surface area contributed by atoms with Crippen LogP contribution in [0.2, 0.25) is 0 Å². The van der Waals surface area contributed by atoms with Crippen molar-refractivity contribution in [2.75, 3.05) is 6.61 Å². The molecule has 2 aromatic rings. The zero-order valence-electron chi connectivity index (χ0n) is 11.5. The van der Waals surface area contributed by atoms with Crippen LogP contribution in [0.15, 0.2) is 30.3 Å². The molecule has 0 amide bonds. The molecule has 2 rings (SSSR count). The molecule has 0 saturated heterocycles. The maximum Gasteiger partial charge on any atom is 0.358 e. The van der Waals surface area contributed by atoms with E-state index in [0.29, 0.717) is 18.8 Å². The maximum absolute atomic E-state index is 11.7. The highest BCUT2D eigenvalue weighted by molar-refractivity contribution is 5.88. The number of ether oxygens (including phenoxy) is 1. The number of carbonyl (C=O) groups excluding carboxylic acids is 1. The second-order valence-electron chi connectivity index (χ2n) is 4.32. The quantitative estimate of drug-likeness (QED) is 0.792. The maximum atomic E-state index is 11.7. The highest BCUT2D eigenvalue weighted by Gasteiger charge is 2.15. The van der Waals surface area contributed by atoms with Crippen LogP contribution in [0.5, 0.6) is 0 Å². The second-order valence-corrected chi connectivity index (χ2v) is 4.32. The van der Waals surface area contributed by atoms with Crippen molar-refractivity contribution in [2.24, 2.45) is 0 Å². The van der Waals surface area contributed by atoms with Gasteiger partial charge in [-0.15, -0.1) is 0 Å². The van der Waals surface area contributed by atoms with E-state index < -0.39 is 0 Å². The first-order chi connectivity index (χ1) is 9.15. The molecule has 0 atom stereocenters. The van der Waals surface area contributed by atoms with Gasteiger partial charge in [0.05, 0.1) is 12.3 Å². The van der Waals surface area contributed by atoms with Crippen LogP contribution in [0.4, 0.5) is 0 Å². The molecule has 0 aliphatic rings. The number of aryl methyl sites for hydroxylation is 2. The lowest BCUT2D eigenvalue weighted by molar-refractivity contribution is 0.0518. The smallest absolute Gasteiger partial charge is 0.358 e. The summed E-state index contributed by atoms with van der Waals surface area (Å²) in [7, 11) is 0. The van der Waals surface area contributed by atoms with Gasteiger partial charge in [-0.25, -0.2) is 4.79 Å². The number of benzene rings is 1. The summed E-state index contributed by atoms with van der Waals surface area (Å²) in [4.78, 5) is 11.7. The molecule has 0 saturated carbocycles. The Balaban J connectivity index is 2.39. The third kappa shape index (κ3) is 2.84. The first-order valence-corrected chi connectivity index (χ1v) is 6.47. The Labute approximate surface area is 113 Å². The molecule has 19 heavy (non-hydrogen) atoms. The van der Waals surface area contributed by atoms with E-state index in [-0.39, 0.29) is 5.97 Å². The predicted octanol–water partition coefficient (Wildman–Crippen LogP) is 3.06. The van der Waals surface area contributed by atoms with Crippen LogP contribution in [0.1, 0.15) is 29.9 Å². The summed E-state index contributed by atoms with van der Waals surface area (Å²) in [6.45, 7) is 6.90. The fourth-order valence-electron chi connectivity index (χ4n) is 1.92. The summed E-state index contributed by atoms with van der Waals surface area (Å²) in [6, 6.07) is 9.95. The van der Waals surface area contributed by atoms with Crippen molar-refractivity contribution < 1.29 is 9.53 Å². The summed E-state index contributed by atoms with van der Waals surface area (Å²) in [5, 5.41) is 4.29. The Hall–Kier alpha value is -2.10. The molecule has 4 heteroatoms. The summed E-state index contributed by atoms with van der Waals surface area (Å²) in [5.74, 6) is -0.372. The van der Waals surface area contributed by atoms with Crippen LogP contribution in [0.25, 0.3) is 11.3 Å². The highest BCUT2D eigenvalue weighted by Crippen LogP contribution is 2.21. The number of nitrogens with zero attached hydrogens (tertiary/aromatic N) is 2. The van der Waals surface area contributed by atoms with Gasteiger partial charge in [-0.1, -0.05) is 29.8 Å². The molecule has 1 aromatic heterocycles. The first kappa shape index (κ1) is 13.3. The van der Waals surface area contributed by atoms with Crippen molar-refractivity contribution in [1.82, 2.24) is 9.78 Å². The SMILES string of the molecule is CCOC(=O)c1cc(-c2ccc(C)cc2)n(CC)n1. The molecule has 1 heterocycles. The van der Waals surface area contributed by atoms with Crippen LogP contribution in [-0.2, 0) is 11.3 Å². The summed E-state index contributed by atoms with van der Waals surface area (Å²) >= 11 is 0. The lowest BCUT2D eigenvalue weighted by atomic mass is 10.1. The van der Waals surface area contributed by atoms with Gasteiger partial charge < -0.3 is 4.74 Å². The van der Waals surface area contributed by atoms with Gasteiger partial charge in [0.15, 0.2) is 5.69 Å². The number of hydrogen-bond acceptors (Lipinski definition) is 3. The van der Waals surface area contributed by atoms with Crippen molar-refractivity contribution in [3.8, 4) is 11.3 Å². The van der Waals surface area contributed by atoms with E-state index in [1.54, 1.807) is 13.0 Å². The predicted molar refractivity (Wildman–Crippen MR) is 74.0 cm³/mol. The molecule has 0 spiro atoms. The molecule has 0 unspecified atom stereocenters. The van der Waals surface area contributed by atoms with Gasteiger partial charge in [-0.2, -0.15) is 5.10 Å². The third-order valence-corrected chi connectivity index (χ3v) is 2.91. The molecule has 0 aliphatic carbocycles. The van der Waals surface area contributed by atoms with Crippen LogP contribution < -0.4 is 0 Å². The van der Waals surface area contributed by atoms with Crippen LogP contribution in [0.3, 0.4) is 0 Å². The van der Waals surface area contributed by atoms with Crippen molar-refractivity contribution in [3.63, 3.8) is 0 Å². The third-order valence-electron chi connectivity index (χ3n) is 2.91. The van der Waals surface area contributed by atoms with E-state index in [2.05, 4.69) is 5.10 Å². The summed E-state index contributed by atoms with van der Waals surface area (Å²) in [6.07, 6.45) is 0. The minimum atomic E-state index is -0.372. The molecule has 0 N–H and O–H groups in total. The number of aromatic nitrogens is 2. The minimum Gasteiger partial charge on any atom is -0.461 e. The Morgan fingerprint density at radius 2 is 1.95 bits per heavy atom. The van der Waals surface area contributed by atoms with Crippen molar-refractivity contribution in [3.05, 3.63) is 41.6 Å². The second kappa shape index (κ2) is 5.69. The van der Waals surface area contributed by atoms with Crippen molar-refractivity contribution in [2.45, 2.75) is 27.3 Å². The zero-order chi connectivity index (χ0) is 13.8. The zero-order valence-corrected chi connectivity index (χ0v) is 11.5. The van der Waals surface area contributed by atoms with Crippen LogP contribution in [0, 0.1) is 6.92 Å². The summed E-state index contributed by atoms with van der Waals surface area (Å²) in [5.41, 5.74) is 3.55. The molecular formula is C15H18N2O2.